The number of rotatable bonds is 4. The van der Waals surface area contributed by atoms with Gasteiger partial charge >= 0.3 is 5.69 Å². The smallest absolute Gasteiger partial charge is 0.328 e. The summed E-state index contributed by atoms with van der Waals surface area (Å²) in [6.45, 7) is 4.13. The van der Waals surface area contributed by atoms with Gasteiger partial charge in [0.25, 0.3) is 17.4 Å². The Hall–Kier alpha value is -3.89. The van der Waals surface area contributed by atoms with E-state index in [1.165, 1.54) is 6.07 Å². The molecular formula is C20H23N7O4. The molecule has 11 nitrogen and oxygen atoms in total. The zero-order valence-corrected chi connectivity index (χ0v) is 17.3. The van der Waals surface area contributed by atoms with Gasteiger partial charge in [0.1, 0.15) is 16.9 Å². The molecule has 4 heterocycles. The van der Waals surface area contributed by atoms with Crippen molar-refractivity contribution >= 4 is 28.5 Å². The molecule has 0 bridgehead atoms. The highest BCUT2D eigenvalue weighted by molar-refractivity contribution is 5.97. The number of H-pyrrole nitrogens is 2. The Bertz CT molecular complexity index is 1250. The number of hydrogen-bond acceptors (Lipinski definition) is 6. The second-order valence-corrected chi connectivity index (χ2v) is 7.21. The SMILES string of the molecule is CCn1c(=O)[nH]c2cc(C(=O)N3CCN(c4ccc(C(=O)NC)nc4)CC3)[nH]c2c1=O. The highest BCUT2D eigenvalue weighted by Crippen LogP contribution is 2.17. The van der Waals surface area contributed by atoms with Gasteiger partial charge in [-0.25, -0.2) is 9.78 Å². The van der Waals surface area contributed by atoms with Crippen molar-refractivity contribution in [1.82, 2.24) is 29.7 Å². The number of aromatic nitrogens is 4. The molecule has 3 N–H and O–H groups in total. The third-order valence-corrected chi connectivity index (χ3v) is 5.45. The first-order chi connectivity index (χ1) is 14.9. The van der Waals surface area contributed by atoms with Gasteiger partial charge in [0.15, 0.2) is 0 Å². The predicted octanol–water partition coefficient (Wildman–Crippen LogP) is -0.245. The number of amides is 2. The molecule has 1 saturated heterocycles. The minimum atomic E-state index is -0.498. The lowest BCUT2D eigenvalue weighted by molar-refractivity contribution is 0.0741. The number of fused-ring (bicyclic) bond motifs is 1. The van der Waals surface area contributed by atoms with Gasteiger partial charge in [-0.3, -0.25) is 19.0 Å². The van der Waals surface area contributed by atoms with Gasteiger partial charge in [0.2, 0.25) is 0 Å². The van der Waals surface area contributed by atoms with Crippen LogP contribution in [0.25, 0.3) is 11.0 Å². The standard InChI is InChI=1S/C20H23N7O4/c1-3-27-19(30)16-14(24-20(27)31)10-15(23-16)18(29)26-8-6-25(7-9-26)12-4-5-13(22-11-12)17(28)21-2/h4-5,10-11,23H,3,6-9H2,1-2H3,(H,21,28)(H,24,31). The molecule has 0 radical (unpaired) electrons. The number of hydrogen-bond donors (Lipinski definition) is 3. The Balaban J connectivity index is 1.47. The lowest BCUT2D eigenvalue weighted by atomic mass is 10.2. The summed E-state index contributed by atoms with van der Waals surface area (Å²) in [5.41, 5.74) is 1.08. The Kier molecular flexibility index (Phi) is 5.32. The van der Waals surface area contributed by atoms with Gasteiger partial charge < -0.3 is 25.1 Å². The number of piperazine rings is 1. The molecule has 0 unspecified atom stereocenters. The van der Waals surface area contributed by atoms with Crippen LogP contribution in [0.5, 0.6) is 0 Å². The summed E-state index contributed by atoms with van der Waals surface area (Å²) in [5.74, 6) is -0.473. The summed E-state index contributed by atoms with van der Waals surface area (Å²) in [7, 11) is 1.55. The minimum Gasteiger partial charge on any atom is -0.367 e. The Morgan fingerprint density at radius 1 is 1.13 bits per heavy atom. The van der Waals surface area contributed by atoms with Gasteiger partial charge in [-0.2, -0.15) is 0 Å². The van der Waals surface area contributed by atoms with Crippen molar-refractivity contribution in [2.24, 2.45) is 0 Å². The Morgan fingerprint density at radius 3 is 2.48 bits per heavy atom. The fourth-order valence-corrected chi connectivity index (χ4v) is 3.71. The molecule has 162 valence electrons. The third-order valence-electron chi connectivity index (χ3n) is 5.45. The molecule has 0 aliphatic carbocycles. The first-order valence-electron chi connectivity index (χ1n) is 10.0. The summed E-state index contributed by atoms with van der Waals surface area (Å²) < 4.78 is 1.08. The van der Waals surface area contributed by atoms with E-state index < -0.39 is 11.2 Å². The highest BCUT2D eigenvalue weighted by Gasteiger charge is 2.24. The molecule has 31 heavy (non-hydrogen) atoms. The number of carbonyl (C=O) groups is 2. The topological polar surface area (TPSA) is 136 Å². The van der Waals surface area contributed by atoms with Crippen molar-refractivity contribution in [3.8, 4) is 0 Å². The van der Waals surface area contributed by atoms with E-state index in [4.69, 9.17) is 0 Å². The molecule has 3 aromatic heterocycles. The maximum Gasteiger partial charge on any atom is 0.328 e. The number of nitrogens with zero attached hydrogens (tertiary/aromatic N) is 4. The number of aromatic amines is 2. The van der Waals surface area contributed by atoms with Gasteiger partial charge in [0, 0.05) is 39.8 Å². The van der Waals surface area contributed by atoms with Crippen molar-refractivity contribution in [1.29, 1.82) is 0 Å². The second kappa shape index (κ2) is 8.09. The molecule has 1 aliphatic rings. The summed E-state index contributed by atoms with van der Waals surface area (Å²) in [6, 6.07) is 5.01. The van der Waals surface area contributed by atoms with Crippen LogP contribution in [-0.4, -0.2) is 69.5 Å². The van der Waals surface area contributed by atoms with Crippen LogP contribution < -0.4 is 21.5 Å². The lowest BCUT2D eigenvalue weighted by Gasteiger charge is -2.35. The summed E-state index contributed by atoms with van der Waals surface area (Å²) in [5, 5.41) is 2.53. The predicted molar refractivity (Wildman–Crippen MR) is 115 cm³/mol. The van der Waals surface area contributed by atoms with Crippen molar-refractivity contribution in [2.45, 2.75) is 13.5 Å². The van der Waals surface area contributed by atoms with Gasteiger partial charge in [0.05, 0.1) is 17.4 Å². The largest absolute Gasteiger partial charge is 0.367 e. The average molecular weight is 425 g/mol. The van der Waals surface area contributed by atoms with E-state index in [0.717, 1.165) is 10.3 Å². The molecule has 3 aromatic rings. The number of carbonyl (C=O) groups excluding carboxylic acids is 2. The van der Waals surface area contributed by atoms with Crippen LogP contribution in [0.1, 0.15) is 27.9 Å². The quantitative estimate of drug-likeness (QED) is 0.528. The molecule has 2 amide bonds. The third kappa shape index (κ3) is 3.69. The summed E-state index contributed by atoms with van der Waals surface area (Å²) in [4.78, 5) is 62.4. The summed E-state index contributed by atoms with van der Waals surface area (Å²) in [6.07, 6.45) is 1.65. The molecule has 1 aliphatic heterocycles. The average Bonchev–Trinajstić information content (AvgIpc) is 3.23. The first-order valence-corrected chi connectivity index (χ1v) is 10.0. The van der Waals surface area contributed by atoms with Crippen molar-refractivity contribution in [2.75, 3.05) is 38.1 Å². The maximum absolute atomic E-state index is 12.9. The zero-order valence-electron chi connectivity index (χ0n) is 17.3. The molecule has 0 saturated carbocycles. The Morgan fingerprint density at radius 2 is 1.87 bits per heavy atom. The van der Waals surface area contributed by atoms with Crippen LogP contribution in [-0.2, 0) is 6.54 Å². The van der Waals surface area contributed by atoms with E-state index in [0.29, 0.717) is 37.4 Å². The van der Waals surface area contributed by atoms with Crippen molar-refractivity contribution in [3.05, 3.63) is 56.6 Å². The van der Waals surface area contributed by atoms with Crippen LogP contribution in [0.15, 0.2) is 34.0 Å². The van der Waals surface area contributed by atoms with E-state index >= 15 is 0 Å². The van der Waals surface area contributed by atoms with E-state index in [2.05, 4.69) is 25.2 Å². The van der Waals surface area contributed by atoms with E-state index in [1.807, 2.05) is 6.07 Å². The molecule has 0 atom stereocenters. The molecule has 0 spiro atoms. The number of anilines is 1. The van der Waals surface area contributed by atoms with E-state index in [-0.39, 0.29) is 29.6 Å². The van der Waals surface area contributed by atoms with Crippen LogP contribution in [0, 0.1) is 0 Å². The maximum atomic E-state index is 12.9. The van der Waals surface area contributed by atoms with Crippen LogP contribution in [0.2, 0.25) is 0 Å². The molecule has 11 heteroatoms. The molecule has 4 rings (SSSR count). The van der Waals surface area contributed by atoms with Crippen molar-refractivity contribution in [3.63, 3.8) is 0 Å². The monoisotopic (exact) mass is 425 g/mol. The van der Waals surface area contributed by atoms with Crippen LogP contribution in [0.4, 0.5) is 5.69 Å². The number of nitrogens with one attached hydrogen (secondary N) is 3. The van der Waals surface area contributed by atoms with E-state index in [9.17, 15) is 19.2 Å². The molecule has 1 fully saturated rings. The normalized spacial score (nSPS) is 14.1. The molecule has 0 aromatic carbocycles. The van der Waals surface area contributed by atoms with E-state index in [1.54, 1.807) is 31.1 Å². The van der Waals surface area contributed by atoms with Crippen LogP contribution in [0.3, 0.4) is 0 Å². The Labute approximate surface area is 176 Å². The zero-order chi connectivity index (χ0) is 22.1. The second-order valence-electron chi connectivity index (χ2n) is 7.21. The molecular weight excluding hydrogens is 402 g/mol. The fourth-order valence-electron chi connectivity index (χ4n) is 3.71. The lowest BCUT2D eigenvalue weighted by Crippen LogP contribution is -2.49. The van der Waals surface area contributed by atoms with Crippen LogP contribution >= 0.6 is 0 Å². The van der Waals surface area contributed by atoms with Gasteiger partial charge in [-0.1, -0.05) is 0 Å². The minimum absolute atomic E-state index is 0.214. The first kappa shape index (κ1) is 20.4. The highest BCUT2D eigenvalue weighted by atomic mass is 16.2. The summed E-state index contributed by atoms with van der Waals surface area (Å²) >= 11 is 0. The number of pyridine rings is 1. The fraction of sp³-hybridized carbons (Fsp3) is 0.350. The van der Waals surface area contributed by atoms with Crippen molar-refractivity contribution < 1.29 is 9.59 Å². The van der Waals surface area contributed by atoms with Gasteiger partial charge in [-0.05, 0) is 25.1 Å². The van der Waals surface area contributed by atoms with Gasteiger partial charge in [-0.15, -0.1) is 0 Å².